The van der Waals surface area contributed by atoms with Crippen LogP contribution in [0.15, 0.2) is 12.3 Å². The van der Waals surface area contributed by atoms with Crippen LogP contribution in [0.2, 0.25) is 0 Å². The second-order valence-electron chi connectivity index (χ2n) is 5.80. The van der Waals surface area contributed by atoms with Gasteiger partial charge in [0.05, 0.1) is 6.61 Å². The Kier molecular flexibility index (Phi) is 3.85. The Morgan fingerprint density at radius 2 is 2.17 bits per heavy atom. The second-order valence-corrected chi connectivity index (χ2v) is 5.80. The summed E-state index contributed by atoms with van der Waals surface area (Å²) in [5.41, 5.74) is 1.14. The van der Waals surface area contributed by atoms with E-state index in [1.807, 2.05) is 19.3 Å². The highest BCUT2D eigenvalue weighted by Crippen LogP contribution is 2.41. The van der Waals surface area contributed by atoms with E-state index < -0.39 is 0 Å². The molecule has 0 atom stereocenters. The van der Waals surface area contributed by atoms with Crippen molar-refractivity contribution in [2.45, 2.75) is 39.0 Å². The summed E-state index contributed by atoms with van der Waals surface area (Å²) in [6.45, 7) is 5.37. The molecule has 18 heavy (non-hydrogen) atoms. The molecule has 1 aliphatic carbocycles. The molecule has 1 aromatic heterocycles. The van der Waals surface area contributed by atoms with Gasteiger partial charge in [-0.15, -0.1) is 0 Å². The molecular formula is C14H23N3O. The Hall–Kier alpha value is -1.16. The molecular weight excluding hydrogens is 226 g/mol. The van der Waals surface area contributed by atoms with Gasteiger partial charge in [-0.3, -0.25) is 0 Å². The number of rotatable bonds is 5. The molecule has 1 aromatic rings. The first kappa shape index (κ1) is 13.3. The molecule has 0 aromatic carbocycles. The summed E-state index contributed by atoms with van der Waals surface area (Å²) in [7, 11) is 2.01. The number of aromatic nitrogens is 2. The molecule has 1 N–H and O–H groups in total. The van der Waals surface area contributed by atoms with Gasteiger partial charge < -0.3 is 10.0 Å². The van der Waals surface area contributed by atoms with Gasteiger partial charge in [0.25, 0.3) is 0 Å². The topological polar surface area (TPSA) is 49.2 Å². The van der Waals surface area contributed by atoms with Gasteiger partial charge >= 0.3 is 0 Å². The first-order valence-electron chi connectivity index (χ1n) is 6.71. The molecule has 1 aliphatic rings. The van der Waals surface area contributed by atoms with Crippen LogP contribution in [0.1, 0.15) is 44.7 Å². The van der Waals surface area contributed by atoms with Crippen molar-refractivity contribution >= 4 is 5.95 Å². The molecule has 0 spiro atoms. The maximum atomic E-state index is 9.51. The van der Waals surface area contributed by atoms with Crippen LogP contribution in [0.25, 0.3) is 0 Å². The minimum atomic E-state index is 0.0753. The Labute approximate surface area is 109 Å². The van der Waals surface area contributed by atoms with E-state index in [-0.39, 0.29) is 12.0 Å². The number of aliphatic hydroxyl groups excluding tert-OH is 1. The van der Waals surface area contributed by atoms with Crippen molar-refractivity contribution in [3.63, 3.8) is 0 Å². The van der Waals surface area contributed by atoms with Gasteiger partial charge in [0.2, 0.25) is 5.95 Å². The quantitative estimate of drug-likeness (QED) is 0.869. The largest absolute Gasteiger partial charge is 0.396 e. The predicted molar refractivity (Wildman–Crippen MR) is 72.8 cm³/mol. The lowest BCUT2D eigenvalue weighted by Gasteiger charge is -2.42. The van der Waals surface area contributed by atoms with Crippen LogP contribution in [-0.4, -0.2) is 35.3 Å². The normalized spacial score (nSPS) is 17.6. The number of aliphatic hydroxyl groups is 1. The predicted octanol–water partition coefficient (Wildman–Crippen LogP) is 2.20. The Morgan fingerprint density at radius 3 is 2.67 bits per heavy atom. The summed E-state index contributed by atoms with van der Waals surface area (Å²) in [6.07, 6.45) is 5.26. The summed E-state index contributed by atoms with van der Waals surface area (Å²) >= 11 is 0. The van der Waals surface area contributed by atoms with Gasteiger partial charge in [-0.2, -0.15) is 0 Å². The third kappa shape index (κ3) is 2.64. The second kappa shape index (κ2) is 5.22. The third-order valence-corrected chi connectivity index (χ3v) is 3.92. The van der Waals surface area contributed by atoms with Gasteiger partial charge in [0.15, 0.2) is 0 Å². The van der Waals surface area contributed by atoms with E-state index in [4.69, 9.17) is 0 Å². The van der Waals surface area contributed by atoms with Crippen LogP contribution in [0, 0.1) is 5.41 Å². The molecule has 0 bridgehead atoms. The first-order chi connectivity index (χ1) is 8.56. The number of anilines is 1. The van der Waals surface area contributed by atoms with Gasteiger partial charge in [-0.25, -0.2) is 9.97 Å². The van der Waals surface area contributed by atoms with E-state index in [2.05, 4.69) is 28.7 Å². The molecule has 0 saturated heterocycles. The van der Waals surface area contributed by atoms with E-state index in [0.29, 0.717) is 5.92 Å². The summed E-state index contributed by atoms with van der Waals surface area (Å²) in [5.74, 6) is 1.18. The van der Waals surface area contributed by atoms with Gasteiger partial charge in [-0.1, -0.05) is 20.3 Å². The fraction of sp³-hybridized carbons (Fsp3) is 0.714. The van der Waals surface area contributed by atoms with Gasteiger partial charge in [-0.05, 0) is 24.8 Å². The van der Waals surface area contributed by atoms with Crippen LogP contribution in [0.4, 0.5) is 5.95 Å². The molecule has 0 unspecified atom stereocenters. The highest BCUT2D eigenvalue weighted by molar-refractivity contribution is 5.30. The third-order valence-electron chi connectivity index (χ3n) is 3.92. The Bertz CT molecular complexity index is 396. The molecule has 0 aliphatic heterocycles. The standard InChI is InChI=1S/C14H23N3O/c1-11(2)12-5-8-15-13(16-12)17(3)9-14(10-18)6-4-7-14/h5,8,11,18H,4,6-7,9-10H2,1-3H3. The average Bonchev–Trinajstić information content (AvgIpc) is 2.33. The maximum Gasteiger partial charge on any atom is 0.225 e. The van der Waals surface area contributed by atoms with Gasteiger partial charge in [0.1, 0.15) is 0 Å². The molecule has 2 rings (SSSR count). The molecule has 1 saturated carbocycles. The van der Waals surface area contributed by atoms with Crippen molar-refractivity contribution in [2.75, 3.05) is 25.1 Å². The molecule has 1 heterocycles. The zero-order valence-corrected chi connectivity index (χ0v) is 11.6. The van der Waals surface area contributed by atoms with Crippen molar-refractivity contribution in [2.24, 2.45) is 5.41 Å². The SMILES string of the molecule is CC(C)c1ccnc(N(C)CC2(CO)CCC2)n1. The van der Waals surface area contributed by atoms with E-state index in [1.54, 1.807) is 0 Å². The zero-order chi connectivity index (χ0) is 13.2. The lowest BCUT2D eigenvalue weighted by molar-refractivity contribution is 0.0521. The smallest absolute Gasteiger partial charge is 0.225 e. The van der Waals surface area contributed by atoms with Crippen molar-refractivity contribution in [1.29, 1.82) is 0 Å². The summed E-state index contributed by atoms with van der Waals surface area (Å²) < 4.78 is 0. The Balaban J connectivity index is 2.08. The van der Waals surface area contributed by atoms with Crippen molar-refractivity contribution in [1.82, 2.24) is 9.97 Å². The fourth-order valence-corrected chi connectivity index (χ4v) is 2.48. The monoisotopic (exact) mass is 249 g/mol. The number of hydrogen-bond acceptors (Lipinski definition) is 4. The minimum Gasteiger partial charge on any atom is -0.396 e. The van der Waals surface area contributed by atoms with Gasteiger partial charge in [0, 0.05) is 30.9 Å². The zero-order valence-electron chi connectivity index (χ0n) is 11.6. The first-order valence-corrected chi connectivity index (χ1v) is 6.71. The molecule has 4 nitrogen and oxygen atoms in total. The maximum absolute atomic E-state index is 9.51. The molecule has 100 valence electrons. The van der Waals surface area contributed by atoms with Crippen LogP contribution < -0.4 is 4.90 Å². The summed E-state index contributed by atoms with van der Waals surface area (Å²) in [4.78, 5) is 11.0. The number of nitrogens with zero attached hydrogens (tertiary/aromatic N) is 3. The molecule has 0 radical (unpaired) electrons. The summed E-state index contributed by atoms with van der Waals surface area (Å²) in [5, 5.41) is 9.51. The summed E-state index contributed by atoms with van der Waals surface area (Å²) in [6, 6.07) is 1.97. The lowest BCUT2D eigenvalue weighted by atomic mass is 9.69. The minimum absolute atomic E-state index is 0.0753. The van der Waals surface area contributed by atoms with E-state index in [0.717, 1.165) is 31.0 Å². The average molecular weight is 249 g/mol. The molecule has 1 fully saturated rings. The molecule has 4 heteroatoms. The fourth-order valence-electron chi connectivity index (χ4n) is 2.48. The van der Waals surface area contributed by atoms with Crippen LogP contribution in [-0.2, 0) is 0 Å². The number of hydrogen-bond donors (Lipinski definition) is 1. The van der Waals surface area contributed by atoms with Crippen molar-refractivity contribution < 1.29 is 5.11 Å². The Morgan fingerprint density at radius 1 is 1.44 bits per heavy atom. The van der Waals surface area contributed by atoms with E-state index >= 15 is 0 Å². The van der Waals surface area contributed by atoms with Crippen molar-refractivity contribution in [3.8, 4) is 0 Å². The molecule has 0 amide bonds. The lowest BCUT2D eigenvalue weighted by Crippen LogP contribution is -2.44. The highest BCUT2D eigenvalue weighted by Gasteiger charge is 2.37. The van der Waals surface area contributed by atoms with Crippen LogP contribution >= 0.6 is 0 Å². The van der Waals surface area contributed by atoms with E-state index in [9.17, 15) is 5.11 Å². The van der Waals surface area contributed by atoms with E-state index in [1.165, 1.54) is 6.42 Å². The van der Waals surface area contributed by atoms with Crippen LogP contribution in [0.5, 0.6) is 0 Å². The van der Waals surface area contributed by atoms with Crippen LogP contribution in [0.3, 0.4) is 0 Å². The van der Waals surface area contributed by atoms with Crippen molar-refractivity contribution in [3.05, 3.63) is 18.0 Å². The highest BCUT2D eigenvalue weighted by atomic mass is 16.3.